The van der Waals surface area contributed by atoms with Crippen LogP contribution in [0.3, 0.4) is 0 Å². The number of nitrogens with one attached hydrogen (secondary N) is 1. The van der Waals surface area contributed by atoms with E-state index < -0.39 is 5.97 Å². The van der Waals surface area contributed by atoms with Crippen molar-refractivity contribution in [2.24, 2.45) is 0 Å². The molecule has 1 amide bonds. The summed E-state index contributed by atoms with van der Waals surface area (Å²) in [6.45, 7) is 2.30. The molecule has 7 nitrogen and oxygen atoms in total. The van der Waals surface area contributed by atoms with Gasteiger partial charge in [0.05, 0.1) is 25.3 Å². The molecule has 1 aliphatic heterocycles. The molecule has 0 aromatic carbocycles. The number of carbonyl (C=O) groups excluding carboxylic acids is 1. The molecule has 1 fully saturated rings. The van der Waals surface area contributed by atoms with E-state index in [-0.39, 0.29) is 24.4 Å². The van der Waals surface area contributed by atoms with E-state index in [1.54, 1.807) is 6.07 Å². The minimum absolute atomic E-state index is 0.0344. The number of aromatic nitrogens is 1. The summed E-state index contributed by atoms with van der Waals surface area (Å²) in [5.74, 6) is -0.553. The maximum Gasteiger partial charge on any atom is 0.304 e. The molecule has 0 saturated carbocycles. The van der Waals surface area contributed by atoms with Crippen molar-refractivity contribution in [2.75, 3.05) is 20.7 Å². The number of likely N-dealkylation sites (N-methyl/N-ethyl adjacent to an activating group) is 1. The van der Waals surface area contributed by atoms with Gasteiger partial charge in [-0.15, -0.1) is 0 Å². The number of hydrogen-bond donors (Lipinski definition) is 2. The van der Waals surface area contributed by atoms with Crippen LogP contribution in [0.1, 0.15) is 35.3 Å². The average molecular weight is 321 g/mol. The van der Waals surface area contributed by atoms with Gasteiger partial charge in [0, 0.05) is 24.3 Å². The summed E-state index contributed by atoms with van der Waals surface area (Å²) in [6.07, 6.45) is 3.38. The smallest absolute Gasteiger partial charge is 0.304 e. The van der Waals surface area contributed by atoms with Crippen molar-refractivity contribution in [3.05, 3.63) is 23.5 Å². The van der Waals surface area contributed by atoms with Crippen LogP contribution < -0.4 is 10.1 Å². The van der Waals surface area contributed by atoms with Crippen molar-refractivity contribution in [1.29, 1.82) is 0 Å². The average Bonchev–Trinajstić information content (AvgIpc) is 2.85. The third-order valence-corrected chi connectivity index (χ3v) is 4.36. The lowest BCUT2D eigenvalue weighted by Crippen LogP contribution is -2.41. The molecule has 1 aliphatic rings. The maximum absolute atomic E-state index is 12.4. The van der Waals surface area contributed by atoms with Crippen LogP contribution in [0.4, 0.5) is 0 Å². The summed E-state index contributed by atoms with van der Waals surface area (Å²) in [4.78, 5) is 29.4. The minimum atomic E-state index is -0.788. The molecule has 1 aromatic rings. The van der Waals surface area contributed by atoms with Gasteiger partial charge in [-0.3, -0.25) is 19.5 Å². The second-order valence-corrected chi connectivity index (χ2v) is 5.88. The van der Waals surface area contributed by atoms with Crippen molar-refractivity contribution in [3.63, 3.8) is 0 Å². The Hall–Kier alpha value is -2.15. The number of rotatable bonds is 6. The highest BCUT2D eigenvalue weighted by molar-refractivity contribution is 5.96. The van der Waals surface area contributed by atoms with Gasteiger partial charge in [-0.2, -0.15) is 0 Å². The quantitative estimate of drug-likeness (QED) is 0.814. The van der Waals surface area contributed by atoms with Gasteiger partial charge < -0.3 is 15.2 Å². The van der Waals surface area contributed by atoms with Crippen LogP contribution in [0.2, 0.25) is 0 Å². The summed E-state index contributed by atoms with van der Waals surface area (Å²) < 4.78 is 5.18. The summed E-state index contributed by atoms with van der Waals surface area (Å²) in [6, 6.07) is 1.88. The topological polar surface area (TPSA) is 91.8 Å². The van der Waals surface area contributed by atoms with Crippen LogP contribution in [-0.4, -0.2) is 59.7 Å². The van der Waals surface area contributed by atoms with Gasteiger partial charge in [-0.25, -0.2) is 0 Å². The van der Waals surface area contributed by atoms with Crippen molar-refractivity contribution in [3.8, 4) is 5.75 Å². The van der Waals surface area contributed by atoms with Crippen molar-refractivity contribution in [1.82, 2.24) is 15.2 Å². The van der Waals surface area contributed by atoms with Crippen molar-refractivity contribution >= 4 is 11.9 Å². The van der Waals surface area contributed by atoms with Gasteiger partial charge in [0.15, 0.2) is 0 Å². The highest BCUT2D eigenvalue weighted by Gasteiger charge is 2.32. The molecule has 0 spiro atoms. The van der Waals surface area contributed by atoms with E-state index >= 15 is 0 Å². The van der Waals surface area contributed by atoms with Gasteiger partial charge in [0.2, 0.25) is 0 Å². The number of likely N-dealkylation sites (tertiary alicyclic amines) is 1. The molecule has 23 heavy (non-hydrogen) atoms. The van der Waals surface area contributed by atoms with Crippen LogP contribution in [-0.2, 0) is 4.79 Å². The summed E-state index contributed by atoms with van der Waals surface area (Å²) >= 11 is 0. The Balaban J connectivity index is 1.95. The van der Waals surface area contributed by atoms with Gasteiger partial charge in [-0.05, 0) is 32.9 Å². The summed E-state index contributed by atoms with van der Waals surface area (Å²) in [7, 11) is 3.42. The fourth-order valence-corrected chi connectivity index (χ4v) is 2.98. The van der Waals surface area contributed by atoms with Gasteiger partial charge >= 0.3 is 5.97 Å². The van der Waals surface area contributed by atoms with Gasteiger partial charge in [0.1, 0.15) is 5.75 Å². The number of ether oxygens (including phenoxy) is 1. The number of aryl methyl sites for hydroxylation is 1. The zero-order valence-corrected chi connectivity index (χ0v) is 13.7. The largest absolute Gasteiger partial charge is 0.494 e. The molecule has 0 bridgehead atoms. The fourth-order valence-electron chi connectivity index (χ4n) is 2.98. The Kier molecular flexibility index (Phi) is 5.54. The number of carboxylic acids is 1. The predicted molar refractivity (Wildman–Crippen MR) is 84.7 cm³/mol. The van der Waals surface area contributed by atoms with Crippen LogP contribution >= 0.6 is 0 Å². The Labute approximate surface area is 135 Å². The predicted octanol–water partition coefficient (Wildman–Crippen LogP) is 1.07. The van der Waals surface area contributed by atoms with Gasteiger partial charge in [-0.1, -0.05) is 0 Å². The Morgan fingerprint density at radius 3 is 2.78 bits per heavy atom. The monoisotopic (exact) mass is 321 g/mol. The normalized spacial score (nSPS) is 21.2. The lowest BCUT2D eigenvalue weighted by atomic mass is 10.1. The van der Waals surface area contributed by atoms with Crippen LogP contribution in [0, 0.1) is 6.92 Å². The van der Waals surface area contributed by atoms with E-state index in [0.717, 1.165) is 18.5 Å². The first-order chi connectivity index (χ1) is 10.9. The number of nitrogens with zero attached hydrogens (tertiary/aromatic N) is 2. The molecular weight excluding hydrogens is 298 g/mol. The highest BCUT2D eigenvalue weighted by Crippen LogP contribution is 2.24. The van der Waals surface area contributed by atoms with E-state index in [2.05, 4.69) is 10.3 Å². The van der Waals surface area contributed by atoms with Gasteiger partial charge in [0.25, 0.3) is 5.91 Å². The van der Waals surface area contributed by atoms with E-state index in [1.165, 1.54) is 13.3 Å². The second-order valence-electron chi connectivity index (χ2n) is 5.88. The number of methoxy groups -OCH3 is 1. The van der Waals surface area contributed by atoms with E-state index in [4.69, 9.17) is 9.84 Å². The van der Waals surface area contributed by atoms with E-state index in [1.807, 2.05) is 18.9 Å². The van der Waals surface area contributed by atoms with Crippen LogP contribution in [0.25, 0.3) is 0 Å². The third kappa shape index (κ3) is 4.19. The molecule has 7 heteroatoms. The minimum Gasteiger partial charge on any atom is -0.494 e. The number of amides is 1. The molecule has 0 radical (unpaired) electrons. The SMILES string of the molecule is COc1cnc(C)cc1C(=O)NC[C@@H]1CC[C@H](CC(=O)O)N1C. The fraction of sp³-hybridized carbons (Fsp3) is 0.562. The number of hydrogen-bond acceptors (Lipinski definition) is 5. The molecule has 0 unspecified atom stereocenters. The number of pyridine rings is 1. The van der Waals surface area contributed by atoms with E-state index in [0.29, 0.717) is 17.9 Å². The van der Waals surface area contributed by atoms with Crippen LogP contribution in [0.5, 0.6) is 5.75 Å². The molecule has 0 aliphatic carbocycles. The van der Waals surface area contributed by atoms with Crippen molar-refractivity contribution < 1.29 is 19.4 Å². The zero-order valence-electron chi connectivity index (χ0n) is 13.7. The number of carboxylic acid groups (broad SMARTS) is 1. The zero-order chi connectivity index (χ0) is 17.0. The number of carbonyl (C=O) groups is 2. The summed E-state index contributed by atoms with van der Waals surface area (Å²) in [5, 5.41) is 11.8. The molecule has 1 saturated heterocycles. The number of aliphatic carboxylic acids is 1. The van der Waals surface area contributed by atoms with Crippen molar-refractivity contribution in [2.45, 2.75) is 38.3 Å². The Morgan fingerprint density at radius 2 is 2.13 bits per heavy atom. The first-order valence-electron chi connectivity index (χ1n) is 7.65. The lowest BCUT2D eigenvalue weighted by molar-refractivity contribution is -0.138. The lowest BCUT2D eigenvalue weighted by Gasteiger charge is -2.25. The molecule has 2 atom stereocenters. The standard InChI is InChI=1S/C16H23N3O4/c1-10-6-13(14(23-3)9-17-10)16(22)18-8-12-5-4-11(19(12)2)7-15(20)21/h6,9,11-12H,4-5,7-8H2,1-3H3,(H,18,22)(H,20,21)/t11-,12+/m1/s1. The molecule has 2 heterocycles. The summed E-state index contributed by atoms with van der Waals surface area (Å²) in [5.41, 5.74) is 1.21. The third-order valence-electron chi connectivity index (χ3n) is 4.36. The van der Waals surface area contributed by atoms with Crippen LogP contribution in [0.15, 0.2) is 12.3 Å². The molecule has 1 aromatic heterocycles. The Morgan fingerprint density at radius 1 is 1.43 bits per heavy atom. The van der Waals surface area contributed by atoms with E-state index in [9.17, 15) is 9.59 Å². The highest BCUT2D eigenvalue weighted by atomic mass is 16.5. The molecule has 2 rings (SSSR count). The first kappa shape index (κ1) is 17.2. The molecule has 2 N–H and O–H groups in total. The molecule has 126 valence electrons. The first-order valence-corrected chi connectivity index (χ1v) is 7.65. The second kappa shape index (κ2) is 7.41. The molecular formula is C16H23N3O4. The Bertz CT molecular complexity index is 591. The maximum atomic E-state index is 12.4.